The third-order valence-electron chi connectivity index (χ3n) is 4.15. The van der Waals surface area contributed by atoms with Gasteiger partial charge in [0.25, 0.3) is 5.91 Å². The Balaban J connectivity index is 1.66. The number of carbonyl (C=O) groups is 1. The fourth-order valence-corrected chi connectivity index (χ4v) is 2.58. The third kappa shape index (κ3) is 3.38. The van der Waals surface area contributed by atoms with Crippen LogP contribution in [0.3, 0.4) is 0 Å². The molecule has 128 valence electrons. The van der Waals surface area contributed by atoms with Crippen molar-refractivity contribution >= 4 is 11.6 Å². The lowest BCUT2D eigenvalue weighted by atomic mass is 10.1. The zero-order valence-electron chi connectivity index (χ0n) is 13.8. The van der Waals surface area contributed by atoms with Gasteiger partial charge in [0.05, 0.1) is 25.4 Å². The van der Waals surface area contributed by atoms with Gasteiger partial charge in [-0.3, -0.25) is 4.79 Å². The molecule has 0 unspecified atom stereocenters. The Kier molecular flexibility index (Phi) is 4.75. The van der Waals surface area contributed by atoms with E-state index in [9.17, 15) is 9.18 Å². The van der Waals surface area contributed by atoms with Crippen LogP contribution in [0.1, 0.15) is 22.0 Å². The van der Waals surface area contributed by atoms with E-state index in [-0.39, 0.29) is 18.0 Å². The monoisotopic (exact) mass is 333 g/mol. The van der Waals surface area contributed by atoms with Crippen molar-refractivity contribution in [3.05, 3.63) is 41.2 Å². The molecule has 0 atom stereocenters. The molecule has 1 amide bonds. The van der Waals surface area contributed by atoms with Crippen LogP contribution in [0.25, 0.3) is 0 Å². The number of aryl methyl sites for hydroxylation is 1. The van der Waals surface area contributed by atoms with Crippen molar-refractivity contribution in [2.75, 3.05) is 31.2 Å². The number of hydrogen-bond acceptors (Lipinski definition) is 5. The van der Waals surface area contributed by atoms with Gasteiger partial charge in [-0.25, -0.2) is 4.39 Å². The van der Waals surface area contributed by atoms with Crippen LogP contribution in [0.2, 0.25) is 0 Å². The first-order valence-corrected chi connectivity index (χ1v) is 7.81. The first-order valence-electron chi connectivity index (χ1n) is 7.81. The summed E-state index contributed by atoms with van der Waals surface area (Å²) in [5.74, 6) is 0.661. The standard InChI is InChI=1S/C16H20FN5O2/c1-11-19-20-15(21(11)2)10-18-16(23)12-3-4-14(13(17)9-12)22-5-7-24-8-6-22/h3-4,9H,5-8,10H2,1-2H3,(H,18,23). The summed E-state index contributed by atoms with van der Waals surface area (Å²) in [4.78, 5) is 14.1. The van der Waals surface area contributed by atoms with E-state index in [0.717, 1.165) is 5.82 Å². The van der Waals surface area contributed by atoms with Gasteiger partial charge in [-0.15, -0.1) is 10.2 Å². The lowest BCUT2D eigenvalue weighted by molar-refractivity contribution is 0.0949. The molecule has 1 aromatic carbocycles. The molecule has 1 saturated heterocycles. The molecule has 24 heavy (non-hydrogen) atoms. The van der Waals surface area contributed by atoms with Crippen molar-refractivity contribution in [1.82, 2.24) is 20.1 Å². The largest absolute Gasteiger partial charge is 0.378 e. The predicted molar refractivity (Wildman–Crippen MR) is 86.3 cm³/mol. The van der Waals surface area contributed by atoms with E-state index >= 15 is 0 Å². The molecule has 1 aromatic heterocycles. The number of hydrogen-bond donors (Lipinski definition) is 1. The summed E-state index contributed by atoms with van der Waals surface area (Å²) in [7, 11) is 1.83. The number of anilines is 1. The van der Waals surface area contributed by atoms with Crippen molar-refractivity contribution in [2.45, 2.75) is 13.5 Å². The van der Waals surface area contributed by atoms with Crippen LogP contribution < -0.4 is 10.2 Å². The summed E-state index contributed by atoms with van der Waals surface area (Å²) >= 11 is 0. The molecule has 3 rings (SSSR count). The van der Waals surface area contributed by atoms with E-state index in [1.165, 1.54) is 6.07 Å². The Morgan fingerprint density at radius 2 is 2.08 bits per heavy atom. The summed E-state index contributed by atoms with van der Waals surface area (Å²) in [6.45, 7) is 4.53. The molecule has 2 aromatic rings. The topological polar surface area (TPSA) is 72.3 Å². The molecule has 0 bridgehead atoms. The minimum atomic E-state index is -0.404. The quantitative estimate of drug-likeness (QED) is 0.905. The van der Waals surface area contributed by atoms with Gasteiger partial charge in [-0.2, -0.15) is 0 Å². The zero-order valence-corrected chi connectivity index (χ0v) is 13.8. The maximum absolute atomic E-state index is 14.3. The summed E-state index contributed by atoms with van der Waals surface area (Å²) in [5.41, 5.74) is 0.780. The van der Waals surface area contributed by atoms with Crippen molar-refractivity contribution in [3.63, 3.8) is 0 Å². The molecular weight excluding hydrogens is 313 g/mol. The Morgan fingerprint density at radius 3 is 2.71 bits per heavy atom. The van der Waals surface area contributed by atoms with Crippen LogP contribution in [-0.4, -0.2) is 47.0 Å². The number of carbonyl (C=O) groups excluding carboxylic acids is 1. The molecule has 0 aliphatic carbocycles. The number of nitrogens with one attached hydrogen (secondary N) is 1. The first kappa shape index (κ1) is 16.4. The van der Waals surface area contributed by atoms with Gasteiger partial charge < -0.3 is 19.5 Å². The van der Waals surface area contributed by atoms with E-state index in [4.69, 9.17) is 4.74 Å². The van der Waals surface area contributed by atoms with Crippen LogP contribution in [0.5, 0.6) is 0 Å². The summed E-state index contributed by atoms with van der Waals surface area (Å²) < 4.78 is 21.4. The summed E-state index contributed by atoms with van der Waals surface area (Å²) in [6, 6.07) is 4.54. The summed E-state index contributed by atoms with van der Waals surface area (Å²) in [6.07, 6.45) is 0. The smallest absolute Gasteiger partial charge is 0.251 e. The number of halogens is 1. The first-order chi connectivity index (χ1) is 11.6. The second-order valence-electron chi connectivity index (χ2n) is 5.67. The minimum Gasteiger partial charge on any atom is -0.378 e. The Labute approximate surface area is 139 Å². The average Bonchev–Trinajstić information content (AvgIpc) is 2.92. The fraction of sp³-hybridized carbons (Fsp3) is 0.438. The highest BCUT2D eigenvalue weighted by molar-refractivity contribution is 5.94. The molecular formula is C16H20FN5O2. The highest BCUT2D eigenvalue weighted by atomic mass is 19.1. The van der Waals surface area contributed by atoms with E-state index in [1.807, 2.05) is 18.9 Å². The third-order valence-corrected chi connectivity index (χ3v) is 4.15. The number of rotatable bonds is 4. The molecule has 0 radical (unpaired) electrons. The Bertz CT molecular complexity index is 740. The van der Waals surface area contributed by atoms with Crippen molar-refractivity contribution in [2.24, 2.45) is 7.05 Å². The average molecular weight is 333 g/mol. The number of aromatic nitrogens is 3. The van der Waals surface area contributed by atoms with Crippen LogP contribution >= 0.6 is 0 Å². The lowest BCUT2D eigenvalue weighted by Gasteiger charge is -2.29. The van der Waals surface area contributed by atoms with Crippen LogP contribution in [0, 0.1) is 12.7 Å². The number of amides is 1. The highest BCUT2D eigenvalue weighted by Crippen LogP contribution is 2.21. The van der Waals surface area contributed by atoms with Gasteiger partial charge in [0.1, 0.15) is 11.6 Å². The van der Waals surface area contributed by atoms with Gasteiger partial charge >= 0.3 is 0 Å². The van der Waals surface area contributed by atoms with Crippen LogP contribution in [0.4, 0.5) is 10.1 Å². The van der Waals surface area contributed by atoms with Crippen molar-refractivity contribution in [3.8, 4) is 0 Å². The van der Waals surface area contributed by atoms with Crippen LogP contribution in [0.15, 0.2) is 18.2 Å². The number of morpholine rings is 1. The van der Waals surface area contributed by atoms with E-state index in [0.29, 0.717) is 37.8 Å². The SMILES string of the molecule is Cc1nnc(CNC(=O)c2ccc(N3CCOCC3)c(F)c2)n1C. The molecule has 2 heterocycles. The number of ether oxygens (including phenoxy) is 1. The molecule has 1 fully saturated rings. The molecule has 1 aliphatic heterocycles. The molecule has 1 N–H and O–H groups in total. The zero-order chi connectivity index (χ0) is 17.1. The van der Waals surface area contributed by atoms with Gasteiger partial charge in [-0.1, -0.05) is 0 Å². The summed E-state index contributed by atoms with van der Waals surface area (Å²) in [5, 5.41) is 10.6. The van der Waals surface area contributed by atoms with E-state index in [1.54, 1.807) is 16.7 Å². The molecule has 1 aliphatic rings. The van der Waals surface area contributed by atoms with Crippen LogP contribution in [-0.2, 0) is 18.3 Å². The van der Waals surface area contributed by atoms with Gasteiger partial charge in [-0.05, 0) is 25.1 Å². The maximum Gasteiger partial charge on any atom is 0.251 e. The second kappa shape index (κ2) is 6.96. The number of nitrogens with zero attached hydrogens (tertiary/aromatic N) is 4. The lowest BCUT2D eigenvalue weighted by Crippen LogP contribution is -2.36. The fourth-order valence-electron chi connectivity index (χ4n) is 2.58. The highest BCUT2D eigenvalue weighted by Gasteiger charge is 2.17. The van der Waals surface area contributed by atoms with Gasteiger partial charge in [0, 0.05) is 25.7 Å². The van der Waals surface area contributed by atoms with E-state index < -0.39 is 5.82 Å². The predicted octanol–water partition coefficient (Wildman–Crippen LogP) is 1.03. The Hall–Kier alpha value is -2.48. The van der Waals surface area contributed by atoms with Gasteiger partial charge in [0.2, 0.25) is 0 Å². The Morgan fingerprint density at radius 1 is 1.33 bits per heavy atom. The van der Waals surface area contributed by atoms with E-state index in [2.05, 4.69) is 15.5 Å². The molecule has 7 nitrogen and oxygen atoms in total. The molecule has 0 saturated carbocycles. The second-order valence-corrected chi connectivity index (χ2v) is 5.67. The molecule has 0 spiro atoms. The normalized spacial score (nSPS) is 14.7. The van der Waals surface area contributed by atoms with Gasteiger partial charge in [0.15, 0.2) is 5.82 Å². The minimum absolute atomic E-state index is 0.239. The molecule has 8 heteroatoms. The van der Waals surface area contributed by atoms with Crippen molar-refractivity contribution in [1.29, 1.82) is 0 Å². The number of benzene rings is 1. The van der Waals surface area contributed by atoms with Crippen molar-refractivity contribution < 1.29 is 13.9 Å². The maximum atomic E-state index is 14.3.